The Morgan fingerprint density at radius 3 is 2.67 bits per heavy atom. The summed E-state index contributed by atoms with van der Waals surface area (Å²) in [5.74, 6) is -0.304. The van der Waals surface area contributed by atoms with E-state index in [1.807, 2.05) is 0 Å². The lowest BCUT2D eigenvalue weighted by Gasteiger charge is -2.18. The molecule has 0 radical (unpaired) electrons. The lowest BCUT2D eigenvalue weighted by molar-refractivity contribution is -0.134. The number of pyridine rings is 1. The average Bonchev–Trinajstić information content (AvgIpc) is 2.06. The van der Waals surface area contributed by atoms with E-state index in [2.05, 4.69) is 4.98 Å². The summed E-state index contributed by atoms with van der Waals surface area (Å²) in [6, 6.07) is 5.10. The Morgan fingerprint density at radius 2 is 2.25 bits per heavy atom. The van der Waals surface area contributed by atoms with Crippen molar-refractivity contribution < 1.29 is 9.90 Å². The zero-order valence-corrected chi connectivity index (χ0v) is 7.11. The van der Waals surface area contributed by atoms with Gasteiger partial charge in [-0.2, -0.15) is 0 Å². The lowest BCUT2D eigenvalue weighted by Crippen LogP contribution is -2.30. The molecule has 0 aliphatic heterocycles. The van der Waals surface area contributed by atoms with Crippen molar-refractivity contribution in [3.05, 3.63) is 30.1 Å². The first-order chi connectivity index (χ1) is 5.55. The Kier molecular flexibility index (Phi) is 2.24. The Bertz CT molecular complexity index is 280. The Morgan fingerprint density at radius 1 is 1.58 bits per heavy atom. The molecule has 12 heavy (non-hydrogen) atoms. The van der Waals surface area contributed by atoms with Gasteiger partial charge in [0.1, 0.15) is 0 Å². The number of aliphatic hydroxyl groups is 1. The number of aromatic nitrogens is 1. The first-order valence-electron chi connectivity index (χ1n) is 3.70. The van der Waals surface area contributed by atoms with Crippen LogP contribution in [-0.2, 0) is 10.4 Å². The third-order valence-corrected chi connectivity index (χ3v) is 1.85. The zero-order valence-electron chi connectivity index (χ0n) is 7.11. The summed E-state index contributed by atoms with van der Waals surface area (Å²) >= 11 is 0. The van der Waals surface area contributed by atoms with Gasteiger partial charge in [0.2, 0.25) is 0 Å². The maximum Gasteiger partial charge on any atom is 0.167 e. The minimum absolute atomic E-state index is 0.304. The Hall–Kier alpha value is -1.22. The first-order valence-corrected chi connectivity index (χ1v) is 3.70. The summed E-state index contributed by atoms with van der Waals surface area (Å²) in [5, 5.41) is 9.65. The van der Waals surface area contributed by atoms with Crippen LogP contribution in [0.15, 0.2) is 24.4 Å². The second-order valence-electron chi connectivity index (χ2n) is 2.84. The molecular formula is C9H11NO2. The lowest BCUT2D eigenvalue weighted by atomic mass is 9.97. The number of ketones is 1. The van der Waals surface area contributed by atoms with Gasteiger partial charge < -0.3 is 5.11 Å². The number of carbonyl (C=O) groups is 1. The molecule has 0 saturated carbocycles. The van der Waals surface area contributed by atoms with E-state index in [-0.39, 0.29) is 5.78 Å². The smallest absolute Gasteiger partial charge is 0.167 e. The molecule has 0 aliphatic carbocycles. The molecular weight excluding hydrogens is 154 g/mol. The summed E-state index contributed by atoms with van der Waals surface area (Å²) in [5.41, 5.74) is -1.07. The normalized spacial score (nSPS) is 15.2. The highest BCUT2D eigenvalue weighted by atomic mass is 16.3. The molecule has 0 fully saturated rings. The van der Waals surface area contributed by atoms with Crippen molar-refractivity contribution in [2.24, 2.45) is 0 Å². The number of nitrogens with zero attached hydrogens (tertiary/aromatic N) is 1. The fourth-order valence-corrected chi connectivity index (χ4v) is 0.831. The van der Waals surface area contributed by atoms with Crippen molar-refractivity contribution in [3.8, 4) is 0 Å². The van der Waals surface area contributed by atoms with E-state index < -0.39 is 5.60 Å². The molecule has 1 aromatic heterocycles. The summed E-state index contributed by atoms with van der Waals surface area (Å²) in [7, 11) is 0. The van der Waals surface area contributed by atoms with E-state index in [0.717, 1.165) is 0 Å². The molecule has 3 heteroatoms. The molecule has 1 unspecified atom stereocenters. The van der Waals surface area contributed by atoms with Crippen LogP contribution in [0.4, 0.5) is 0 Å². The molecule has 0 amide bonds. The monoisotopic (exact) mass is 165 g/mol. The Balaban J connectivity index is 3.06. The van der Waals surface area contributed by atoms with Crippen LogP contribution in [0.3, 0.4) is 0 Å². The summed E-state index contributed by atoms with van der Waals surface area (Å²) in [4.78, 5) is 14.9. The van der Waals surface area contributed by atoms with Crippen molar-refractivity contribution in [1.82, 2.24) is 4.98 Å². The van der Waals surface area contributed by atoms with Crippen LogP contribution in [0.2, 0.25) is 0 Å². The molecule has 64 valence electrons. The van der Waals surface area contributed by atoms with Crippen LogP contribution >= 0.6 is 0 Å². The van der Waals surface area contributed by atoms with Crippen molar-refractivity contribution in [3.63, 3.8) is 0 Å². The maximum atomic E-state index is 11.0. The van der Waals surface area contributed by atoms with E-state index in [4.69, 9.17) is 0 Å². The quantitative estimate of drug-likeness (QED) is 0.707. The summed E-state index contributed by atoms with van der Waals surface area (Å²) in [6.45, 7) is 2.78. The minimum atomic E-state index is -1.46. The standard InChI is InChI=1S/C9H11NO2/c1-7(11)9(2,12)8-5-3-4-6-10-8/h3-6,12H,1-2H3. The molecule has 1 aromatic rings. The van der Waals surface area contributed by atoms with Crippen molar-refractivity contribution in [2.75, 3.05) is 0 Å². The molecule has 0 saturated heterocycles. The molecule has 1 rings (SSSR count). The minimum Gasteiger partial charge on any atom is -0.376 e. The van der Waals surface area contributed by atoms with Crippen LogP contribution in [-0.4, -0.2) is 15.9 Å². The first kappa shape index (κ1) is 8.87. The predicted octanol–water partition coefficient (Wildman–Crippen LogP) is 0.878. The second-order valence-corrected chi connectivity index (χ2v) is 2.84. The maximum absolute atomic E-state index is 11.0. The molecule has 0 aromatic carbocycles. The third kappa shape index (κ3) is 1.51. The topological polar surface area (TPSA) is 50.2 Å². The van der Waals surface area contributed by atoms with Gasteiger partial charge in [-0.3, -0.25) is 9.78 Å². The largest absolute Gasteiger partial charge is 0.376 e. The van der Waals surface area contributed by atoms with Crippen LogP contribution in [0, 0.1) is 0 Å². The highest BCUT2D eigenvalue weighted by molar-refractivity contribution is 5.84. The van der Waals surface area contributed by atoms with E-state index >= 15 is 0 Å². The van der Waals surface area contributed by atoms with E-state index in [0.29, 0.717) is 5.69 Å². The van der Waals surface area contributed by atoms with E-state index in [1.54, 1.807) is 24.4 Å². The van der Waals surface area contributed by atoms with E-state index in [9.17, 15) is 9.90 Å². The molecule has 3 nitrogen and oxygen atoms in total. The van der Waals surface area contributed by atoms with Gasteiger partial charge in [0, 0.05) is 6.20 Å². The number of Topliss-reactive ketones (excluding diaryl/α,β-unsaturated/α-hetero) is 1. The number of hydrogen-bond acceptors (Lipinski definition) is 3. The SMILES string of the molecule is CC(=O)C(C)(O)c1ccccn1. The average molecular weight is 165 g/mol. The van der Waals surface area contributed by atoms with Gasteiger partial charge in [-0.1, -0.05) is 6.07 Å². The van der Waals surface area contributed by atoms with Gasteiger partial charge in [0.05, 0.1) is 5.69 Å². The highest BCUT2D eigenvalue weighted by Gasteiger charge is 2.29. The van der Waals surface area contributed by atoms with Gasteiger partial charge >= 0.3 is 0 Å². The number of carbonyl (C=O) groups excluding carboxylic acids is 1. The highest BCUT2D eigenvalue weighted by Crippen LogP contribution is 2.18. The molecule has 0 aliphatic rings. The van der Waals surface area contributed by atoms with Gasteiger partial charge in [-0.15, -0.1) is 0 Å². The fraction of sp³-hybridized carbons (Fsp3) is 0.333. The Labute approximate surface area is 71.1 Å². The van der Waals surface area contributed by atoms with Gasteiger partial charge in [0.15, 0.2) is 11.4 Å². The molecule has 0 spiro atoms. The molecule has 1 heterocycles. The van der Waals surface area contributed by atoms with Crippen molar-refractivity contribution in [1.29, 1.82) is 0 Å². The van der Waals surface area contributed by atoms with Crippen LogP contribution < -0.4 is 0 Å². The van der Waals surface area contributed by atoms with Crippen LogP contribution in [0.5, 0.6) is 0 Å². The third-order valence-electron chi connectivity index (χ3n) is 1.85. The fourth-order valence-electron chi connectivity index (χ4n) is 0.831. The molecule has 1 atom stereocenters. The molecule has 0 bridgehead atoms. The van der Waals surface area contributed by atoms with Crippen LogP contribution in [0.1, 0.15) is 19.5 Å². The van der Waals surface area contributed by atoms with Crippen LogP contribution in [0.25, 0.3) is 0 Å². The number of rotatable bonds is 2. The van der Waals surface area contributed by atoms with E-state index in [1.165, 1.54) is 13.8 Å². The van der Waals surface area contributed by atoms with Crippen molar-refractivity contribution in [2.45, 2.75) is 19.4 Å². The second kappa shape index (κ2) is 3.03. The van der Waals surface area contributed by atoms with Gasteiger partial charge in [-0.05, 0) is 26.0 Å². The van der Waals surface area contributed by atoms with Crippen molar-refractivity contribution >= 4 is 5.78 Å². The summed E-state index contributed by atoms with van der Waals surface area (Å²) < 4.78 is 0. The predicted molar refractivity (Wildman–Crippen MR) is 44.5 cm³/mol. The van der Waals surface area contributed by atoms with Gasteiger partial charge in [0.25, 0.3) is 0 Å². The zero-order chi connectivity index (χ0) is 9.19. The summed E-state index contributed by atoms with van der Waals surface area (Å²) in [6.07, 6.45) is 1.55. The molecule has 1 N–H and O–H groups in total. The van der Waals surface area contributed by atoms with Gasteiger partial charge in [-0.25, -0.2) is 0 Å². The number of hydrogen-bond donors (Lipinski definition) is 1.